The van der Waals surface area contributed by atoms with E-state index in [1.54, 1.807) is 0 Å². The second-order valence-electron chi connectivity index (χ2n) is 3.01. The van der Waals surface area contributed by atoms with E-state index in [0.29, 0.717) is 9.26 Å². The van der Waals surface area contributed by atoms with E-state index in [1.165, 1.54) is 32.3 Å². The molecule has 0 aliphatic rings. The van der Waals surface area contributed by atoms with Crippen LogP contribution in [0.15, 0.2) is 18.2 Å². The third-order valence-corrected chi connectivity index (χ3v) is 3.98. The fourth-order valence-corrected chi connectivity index (χ4v) is 2.24. The summed E-state index contributed by atoms with van der Waals surface area (Å²) in [7, 11) is -0.700. The topological polar surface area (TPSA) is 49.4 Å². The van der Waals surface area contributed by atoms with Gasteiger partial charge in [-0.05, 0) is 40.8 Å². The van der Waals surface area contributed by atoms with Gasteiger partial charge in [-0.25, -0.2) is 4.39 Å². The van der Waals surface area contributed by atoms with Gasteiger partial charge in [0, 0.05) is 17.7 Å². The molecule has 0 saturated heterocycles. The number of anilines is 1. The molecule has 0 atom stereocenters. The maximum atomic E-state index is 12.7. The van der Waals surface area contributed by atoms with Crippen molar-refractivity contribution in [2.75, 3.05) is 18.8 Å². The van der Waals surface area contributed by atoms with Crippen LogP contribution >= 0.6 is 22.6 Å². The number of benzene rings is 1. The highest BCUT2D eigenvalue weighted by Gasteiger charge is 2.14. The molecule has 1 rings (SSSR count). The third kappa shape index (κ3) is 3.28. The highest BCUT2D eigenvalue weighted by Crippen LogP contribution is 2.20. The minimum Gasteiger partial charge on any atom is -0.270 e. The molecular formula is C8H10FIN2O2S. The minimum absolute atomic E-state index is 0.366. The van der Waals surface area contributed by atoms with E-state index in [0.717, 1.165) is 4.31 Å². The van der Waals surface area contributed by atoms with Crippen LogP contribution in [-0.2, 0) is 10.2 Å². The molecule has 0 fully saturated rings. The van der Waals surface area contributed by atoms with Crippen molar-refractivity contribution in [1.82, 2.24) is 4.31 Å². The van der Waals surface area contributed by atoms with Crippen molar-refractivity contribution in [2.45, 2.75) is 0 Å². The molecule has 1 aromatic carbocycles. The first-order valence-corrected chi connectivity index (χ1v) is 6.50. The Morgan fingerprint density at radius 3 is 2.47 bits per heavy atom. The molecule has 4 nitrogen and oxygen atoms in total. The van der Waals surface area contributed by atoms with Crippen molar-refractivity contribution in [3.05, 3.63) is 27.6 Å². The van der Waals surface area contributed by atoms with Crippen LogP contribution in [0.2, 0.25) is 0 Å². The number of hydrogen-bond acceptors (Lipinski definition) is 2. The Balaban J connectivity index is 3.01. The minimum atomic E-state index is -3.53. The van der Waals surface area contributed by atoms with Crippen LogP contribution in [0.4, 0.5) is 10.1 Å². The average molecular weight is 344 g/mol. The van der Waals surface area contributed by atoms with Crippen molar-refractivity contribution in [1.29, 1.82) is 0 Å². The number of hydrogen-bond donors (Lipinski definition) is 1. The lowest BCUT2D eigenvalue weighted by Crippen LogP contribution is -2.29. The molecule has 0 aromatic heterocycles. The van der Waals surface area contributed by atoms with Gasteiger partial charge in [0.2, 0.25) is 0 Å². The Bertz CT molecular complexity index is 462. The number of nitrogens with one attached hydrogen (secondary N) is 1. The molecule has 1 aromatic rings. The molecule has 0 bridgehead atoms. The molecule has 0 amide bonds. The van der Waals surface area contributed by atoms with Gasteiger partial charge in [0.25, 0.3) is 0 Å². The van der Waals surface area contributed by atoms with Gasteiger partial charge >= 0.3 is 10.2 Å². The Hall–Kier alpha value is -0.410. The molecule has 1 N–H and O–H groups in total. The smallest absolute Gasteiger partial charge is 0.270 e. The van der Waals surface area contributed by atoms with Gasteiger partial charge in [0.1, 0.15) is 5.82 Å². The van der Waals surface area contributed by atoms with Crippen LogP contribution < -0.4 is 4.72 Å². The van der Waals surface area contributed by atoms with E-state index in [2.05, 4.69) is 4.72 Å². The summed E-state index contributed by atoms with van der Waals surface area (Å²) in [5, 5.41) is 0. The molecule has 0 unspecified atom stereocenters. The number of rotatable bonds is 3. The first-order chi connectivity index (χ1) is 6.83. The standard InChI is InChI=1S/C8H10FIN2O2S/c1-12(2)15(13,14)11-8-4-3-6(9)5-7(8)10/h3-5,11H,1-2H3. The normalized spacial score (nSPS) is 11.8. The summed E-state index contributed by atoms with van der Waals surface area (Å²) < 4.78 is 39.6. The van der Waals surface area contributed by atoms with Crippen LogP contribution in [0.25, 0.3) is 0 Å². The lowest BCUT2D eigenvalue weighted by Gasteiger charge is -2.14. The average Bonchev–Trinajstić information content (AvgIpc) is 2.09. The van der Waals surface area contributed by atoms with Crippen LogP contribution in [0, 0.1) is 9.39 Å². The van der Waals surface area contributed by atoms with Gasteiger partial charge in [0.05, 0.1) is 5.69 Å². The Morgan fingerprint density at radius 2 is 2.00 bits per heavy atom. The molecule has 0 radical (unpaired) electrons. The summed E-state index contributed by atoms with van der Waals surface area (Å²) in [5.41, 5.74) is 0.366. The van der Waals surface area contributed by atoms with E-state index >= 15 is 0 Å². The van der Waals surface area contributed by atoms with Crippen molar-refractivity contribution in [2.24, 2.45) is 0 Å². The quantitative estimate of drug-likeness (QED) is 0.848. The zero-order valence-corrected chi connectivity index (χ0v) is 11.1. The van der Waals surface area contributed by atoms with E-state index in [9.17, 15) is 12.8 Å². The van der Waals surface area contributed by atoms with Crippen LogP contribution in [0.1, 0.15) is 0 Å². The van der Waals surface area contributed by atoms with E-state index in [1.807, 2.05) is 22.6 Å². The maximum absolute atomic E-state index is 12.7. The molecule has 15 heavy (non-hydrogen) atoms. The second-order valence-corrected chi connectivity index (χ2v) is 6.06. The van der Waals surface area contributed by atoms with Crippen LogP contribution in [0.3, 0.4) is 0 Å². The van der Waals surface area contributed by atoms with E-state index in [4.69, 9.17) is 0 Å². The van der Waals surface area contributed by atoms with Gasteiger partial charge in [-0.15, -0.1) is 0 Å². The van der Waals surface area contributed by atoms with Crippen molar-refractivity contribution < 1.29 is 12.8 Å². The van der Waals surface area contributed by atoms with Crippen molar-refractivity contribution >= 4 is 38.5 Å². The first kappa shape index (κ1) is 12.7. The summed E-state index contributed by atoms with van der Waals surface area (Å²) in [5.74, 6) is -0.396. The highest BCUT2D eigenvalue weighted by atomic mass is 127. The molecule has 0 aliphatic heterocycles. The second kappa shape index (κ2) is 4.62. The highest BCUT2D eigenvalue weighted by molar-refractivity contribution is 14.1. The zero-order valence-electron chi connectivity index (χ0n) is 8.16. The Morgan fingerprint density at radius 1 is 1.40 bits per heavy atom. The summed E-state index contributed by atoms with van der Waals surface area (Å²) in [6.07, 6.45) is 0. The van der Waals surface area contributed by atoms with Gasteiger partial charge in [0.15, 0.2) is 0 Å². The predicted molar refractivity (Wildman–Crippen MR) is 65.3 cm³/mol. The monoisotopic (exact) mass is 344 g/mol. The maximum Gasteiger partial charge on any atom is 0.301 e. The molecule has 0 saturated carbocycles. The van der Waals surface area contributed by atoms with E-state index < -0.39 is 16.0 Å². The fraction of sp³-hybridized carbons (Fsp3) is 0.250. The first-order valence-electron chi connectivity index (χ1n) is 3.98. The fourth-order valence-electron chi connectivity index (χ4n) is 0.802. The molecule has 84 valence electrons. The third-order valence-electron chi connectivity index (χ3n) is 1.65. The summed E-state index contributed by atoms with van der Waals surface area (Å²) in [6.45, 7) is 0. The number of nitrogens with zero attached hydrogens (tertiary/aromatic N) is 1. The van der Waals surface area contributed by atoms with Gasteiger partial charge < -0.3 is 0 Å². The summed E-state index contributed by atoms with van der Waals surface area (Å²) in [6, 6.07) is 3.85. The van der Waals surface area contributed by atoms with Gasteiger partial charge in [-0.2, -0.15) is 12.7 Å². The van der Waals surface area contributed by atoms with E-state index in [-0.39, 0.29) is 0 Å². The Labute approximate surface area is 102 Å². The van der Waals surface area contributed by atoms with Gasteiger partial charge in [-0.3, -0.25) is 4.72 Å². The summed E-state index contributed by atoms with van der Waals surface area (Å²) >= 11 is 1.86. The van der Waals surface area contributed by atoms with Crippen LogP contribution in [0.5, 0.6) is 0 Å². The largest absolute Gasteiger partial charge is 0.301 e. The van der Waals surface area contributed by atoms with Crippen molar-refractivity contribution in [3.63, 3.8) is 0 Å². The molecule has 0 spiro atoms. The van der Waals surface area contributed by atoms with Crippen LogP contribution in [-0.4, -0.2) is 26.8 Å². The predicted octanol–water partition coefficient (Wildman–Crippen LogP) is 1.65. The molecule has 0 aliphatic carbocycles. The van der Waals surface area contributed by atoms with Gasteiger partial charge in [-0.1, -0.05) is 0 Å². The molecular weight excluding hydrogens is 334 g/mol. The van der Waals surface area contributed by atoms with Crippen molar-refractivity contribution in [3.8, 4) is 0 Å². The number of halogens is 2. The summed E-state index contributed by atoms with van der Waals surface area (Å²) in [4.78, 5) is 0. The lowest BCUT2D eigenvalue weighted by atomic mass is 10.3. The lowest BCUT2D eigenvalue weighted by molar-refractivity contribution is 0.526. The molecule has 0 heterocycles. The SMILES string of the molecule is CN(C)S(=O)(=O)Nc1ccc(F)cc1I. The molecule has 7 heteroatoms. The Kier molecular flexibility index (Phi) is 3.90. The zero-order chi connectivity index (χ0) is 11.6.